The summed E-state index contributed by atoms with van der Waals surface area (Å²) >= 11 is 0. The van der Waals surface area contributed by atoms with Crippen LogP contribution in [0.15, 0.2) is 42.5 Å². The van der Waals surface area contributed by atoms with Crippen molar-refractivity contribution in [3.05, 3.63) is 64.7 Å². The number of hydrogen-bond donors (Lipinski definition) is 1. The highest BCUT2D eigenvalue weighted by Gasteiger charge is 2.20. The lowest BCUT2D eigenvalue weighted by Gasteiger charge is -2.20. The van der Waals surface area contributed by atoms with Gasteiger partial charge >= 0.3 is 5.97 Å². The van der Waals surface area contributed by atoms with Crippen molar-refractivity contribution in [1.29, 1.82) is 0 Å². The summed E-state index contributed by atoms with van der Waals surface area (Å²) in [6, 6.07) is 14.0. The van der Waals surface area contributed by atoms with Gasteiger partial charge < -0.3 is 10.0 Å². The number of para-hydroxylation sites is 1. The van der Waals surface area contributed by atoms with E-state index in [9.17, 15) is 9.90 Å². The number of aromatic carboxylic acids is 1. The van der Waals surface area contributed by atoms with Gasteiger partial charge in [-0.15, -0.1) is 0 Å². The number of anilines is 1. The fourth-order valence-electron chi connectivity index (χ4n) is 2.80. The minimum absolute atomic E-state index is 0.411. The van der Waals surface area contributed by atoms with Crippen molar-refractivity contribution in [2.45, 2.75) is 19.9 Å². The Kier molecular flexibility index (Phi) is 3.18. The monoisotopic (exact) mass is 267 g/mol. The van der Waals surface area contributed by atoms with E-state index in [4.69, 9.17) is 0 Å². The molecule has 102 valence electrons. The van der Waals surface area contributed by atoms with Crippen LogP contribution in [0.2, 0.25) is 0 Å². The average Bonchev–Trinajstić information content (AvgIpc) is 2.84. The maximum Gasteiger partial charge on any atom is 0.336 e. The van der Waals surface area contributed by atoms with Crippen LogP contribution in [0.5, 0.6) is 0 Å². The van der Waals surface area contributed by atoms with Gasteiger partial charge in [0, 0.05) is 18.8 Å². The molecule has 0 spiro atoms. The lowest BCUT2D eigenvalue weighted by molar-refractivity contribution is 0.0695. The van der Waals surface area contributed by atoms with Gasteiger partial charge in [0.25, 0.3) is 0 Å². The molecule has 0 atom stereocenters. The zero-order valence-electron chi connectivity index (χ0n) is 11.5. The molecule has 2 aromatic carbocycles. The largest absolute Gasteiger partial charge is 0.478 e. The van der Waals surface area contributed by atoms with Crippen LogP contribution in [-0.2, 0) is 13.0 Å². The summed E-state index contributed by atoms with van der Waals surface area (Å²) in [6.07, 6.45) is 1.03. The fraction of sp³-hybridized carbons (Fsp3) is 0.235. The smallest absolute Gasteiger partial charge is 0.336 e. The van der Waals surface area contributed by atoms with Gasteiger partial charge in [0.15, 0.2) is 0 Å². The number of rotatable bonds is 3. The van der Waals surface area contributed by atoms with Crippen LogP contribution >= 0.6 is 0 Å². The highest BCUT2D eigenvalue weighted by atomic mass is 16.4. The fourth-order valence-corrected chi connectivity index (χ4v) is 2.80. The van der Waals surface area contributed by atoms with Crippen molar-refractivity contribution in [3.8, 4) is 0 Å². The van der Waals surface area contributed by atoms with E-state index in [-0.39, 0.29) is 0 Å². The molecule has 1 aliphatic heterocycles. The van der Waals surface area contributed by atoms with Gasteiger partial charge in [-0.05, 0) is 36.6 Å². The van der Waals surface area contributed by atoms with Crippen molar-refractivity contribution >= 4 is 11.7 Å². The van der Waals surface area contributed by atoms with Gasteiger partial charge in [-0.1, -0.05) is 35.9 Å². The Morgan fingerprint density at radius 3 is 2.85 bits per heavy atom. The standard InChI is InChI=1S/C17H17NO2/c1-12-6-7-14(15(10-12)17(19)20)11-18-9-8-13-4-2-3-5-16(13)18/h2-7,10H,8-9,11H2,1H3,(H,19,20). The van der Waals surface area contributed by atoms with E-state index >= 15 is 0 Å². The molecule has 20 heavy (non-hydrogen) atoms. The SMILES string of the molecule is Cc1ccc(CN2CCc3ccccc32)c(C(=O)O)c1. The van der Waals surface area contributed by atoms with E-state index in [2.05, 4.69) is 23.1 Å². The molecule has 0 bridgehead atoms. The van der Waals surface area contributed by atoms with Crippen molar-refractivity contribution in [1.82, 2.24) is 0 Å². The van der Waals surface area contributed by atoms with Crippen LogP contribution in [0, 0.1) is 6.92 Å². The summed E-state index contributed by atoms with van der Waals surface area (Å²) < 4.78 is 0. The maximum absolute atomic E-state index is 11.4. The van der Waals surface area contributed by atoms with Gasteiger partial charge in [-0.2, -0.15) is 0 Å². The van der Waals surface area contributed by atoms with Gasteiger partial charge in [0.2, 0.25) is 0 Å². The quantitative estimate of drug-likeness (QED) is 0.928. The summed E-state index contributed by atoms with van der Waals surface area (Å²) in [6.45, 7) is 3.52. The summed E-state index contributed by atoms with van der Waals surface area (Å²) in [5, 5.41) is 9.34. The molecule has 3 rings (SSSR count). The second-order valence-corrected chi connectivity index (χ2v) is 5.27. The number of carbonyl (C=O) groups is 1. The highest BCUT2D eigenvalue weighted by molar-refractivity contribution is 5.89. The number of carboxylic acids is 1. The van der Waals surface area contributed by atoms with E-state index in [1.807, 2.05) is 25.1 Å². The summed E-state index contributed by atoms with van der Waals surface area (Å²) in [5.74, 6) is -0.851. The van der Waals surface area contributed by atoms with Crippen LogP contribution in [-0.4, -0.2) is 17.6 Å². The van der Waals surface area contributed by atoms with E-state index in [0.29, 0.717) is 12.1 Å². The topological polar surface area (TPSA) is 40.5 Å². The first-order valence-corrected chi connectivity index (χ1v) is 6.81. The molecular weight excluding hydrogens is 250 g/mol. The third kappa shape index (κ3) is 2.27. The molecule has 0 fully saturated rings. The predicted molar refractivity (Wildman–Crippen MR) is 79.3 cm³/mol. The molecule has 0 radical (unpaired) electrons. The molecule has 0 aromatic heterocycles. The Labute approximate surface area is 118 Å². The molecule has 0 saturated carbocycles. The van der Waals surface area contributed by atoms with E-state index in [1.165, 1.54) is 11.3 Å². The summed E-state index contributed by atoms with van der Waals surface area (Å²) in [4.78, 5) is 13.6. The number of carboxylic acid groups (broad SMARTS) is 1. The van der Waals surface area contributed by atoms with Gasteiger partial charge in [0.05, 0.1) is 5.56 Å². The molecule has 3 heteroatoms. The normalized spacial score (nSPS) is 13.3. The van der Waals surface area contributed by atoms with Crippen LogP contribution in [0.4, 0.5) is 5.69 Å². The molecule has 0 aliphatic carbocycles. The summed E-state index contributed by atoms with van der Waals surface area (Å²) in [5.41, 5.74) is 4.84. The number of nitrogens with zero attached hydrogens (tertiary/aromatic N) is 1. The second-order valence-electron chi connectivity index (χ2n) is 5.27. The molecule has 0 amide bonds. The molecule has 2 aromatic rings. The third-order valence-electron chi connectivity index (χ3n) is 3.84. The molecule has 3 nitrogen and oxygen atoms in total. The van der Waals surface area contributed by atoms with Crippen molar-refractivity contribution in [2.75, 3.05) is 11.4 Å². The molecule has 1 aliphatic rings. The van der Waals surface area contributed by atoms with Crippen molar-refractivity contribution in [2.24, 2.45) is 0 Å². The van der Waals surface area contributed by atoms with E-state index < -0.39 is 5.97 Å². The first-order chi connectivity index (χ1) is 9.65. The minimum Gasteiger partial charge on any atom is -0.478 e. The Morgan fingerprint density at radius 1 is 1.25 bits per heavy atom. The Morgan fingerprint density at radius 2 is 2.05 bits per heavy atom. The van der Waals surface area contributed by atoms with Gasteiger partial charge in [-0.3, -0.25) is 0 Å². The Balaban J connectivity index is 1.92. The zero-order valence-corrected chi connectivity index (χ0v) is 11.5. The lowest BCUT2D eigenvalue weighted by atomic mass is 10.0. The number of aryl methyl sites for hydroxylation is 1. The van der Waals surface area contributed by atoms with Crippen molar-refractivity contribution < 1.29 is 9.90 Å². The zero-order chi connectivity index (χ0) is 14.1. The van der Waals surface area contributed by atoms with Crippen molar-refractivity contribution in [3.63, 3.8) is 0 Å². The molecule has 1 heterocycles. The minimum atomic E-state index is -0.851. The van der Waals surface area contributed by atoms with Crippen LogP contribution in [0.3, 0.4) is 0 Å². The Hall–Kier alpha value is -2.29. The van der Waals surface area contributed by atoms with Crippen LogP contribution < -0.4 is 4.90 Å². The van der Waals surface area contributed by atoms with Gasteiger partial charge in [-0.25, -0.2) is 4.79 Å². The molecule has 0 saturated heterocycles. The first kappa shape index (κ1) is 12.7. The lowest BCUT2D eigenvalue weighted by Crippen LogP contribution is -2.21. The van der Waals surface area contributed by atoms with E-state index in [0.717, 1.165) is 24.1 Å². The predicted octanol–water partition coefficient (Wildman–Crippen LogP) is 3.26. The molecular formula is C17H17NO2. The third-order valence-corrected chi connectivity index (χ3v) is 3.84. The molecule has 0 unspecified atom stereocenters. The maximum atomic E-state index is 11.4. The average molecular weight is 267 g/mol. The highest BCUT2D eigenvalue weighted by Crippen LogP contribution is 2.29. The van der Waals surface area contributed by atoms with Gasteiger partial charge in [0.1, 0.15) is 0 Å². The number of hydrogen-bond acceptors (Lipinski definition) is 2. The number of benzene rings is 2. The van der Waals surface area contributed by atoms with Crippen LogP contribution in [0.1, 0.15) is 27.0 Å². The van der Waals surface area contributed by atoms with Crippen LogP contribution in [0.25, 0.3) is 0 Å². The Bertz CT molecular complexity index is 664. The van der Waals surface area contributed by atoms with E-state index in [1.54, 1.807) is 6.07 Å². The molecule has 1 N–H and O–H groups in total. The first-order valence-electron chi connectivity index (χ1n) is 6.81. The second kappa shape index (κ2) is 5.00. The summed E-state index contributed by atoms with van der Waals surface area (Å²) in [7, 11) is 0. The number of fused-ring (bicyclic) bond motifs is 1.